The van der Waals surface area contributed by atoms with Crippen LogP contribution in [0.4, 0.5) is 5.82 Å². The highest BCUT2D eigenvalue weighted by Gasteiger charge is 2.30. The zero-order valence-electron chi connectivity index (χ0n) is 16.4. The lowest BCUT2D eigenvalue weighted by Gasteiger charge is -2.09. The first-order valence-corrected chi connectivity index (χ1v) is 10.4. The highest BCUT2D eigenvalue weighted by atomic mass is 35.5. The SMILES string of the molecule is Cc1cnc(NC(=O)C2CC2)cc1-n1cc(-c2ncn[nH]2)c(-c2ccc(Cl)cc2Cl)n1. The Morgan fingerprint density at radius 3 is 2.74 bits per heavy atom. The number of carbonyl (C=O) groups excluding carboxylic acids is 1. The van der Waals surface area contributed by atoms with Crippen molar-refractivity contribution in [1.29, 1.82) is 0 Å². The molecule has 0 spiro atoms. The number of benzene rings is 1. The van der Waals surface area contributed by atoms with Crippen LogP contribution in [0.2, 0.25) is 10.0 Å². The van der Waals surface area contributed by atoms with Gasteiger partial charge < -0.3 is 5.32 Å². The summed E-state index contributed by atoms with van der Waals surface area (Å²) >= 11 is 12.5. The van der Waals surface area contributed by atoms with Gasteiger partial charge >= 0.3 is 0 Å². The van der Waals surface area contributed by atoms with E-state index in [0.717, 1.165) is 29.7 Å². The van der Waals surface area contributed by atoms with Gasteiger partial charge in [0, 0.05) is 35.0 Å². The molecule has 5 rings (SSSR count). The first-order valence-electron chi connectivity index (χ1n) is 9.68. The number of aryl methyl sites for hydroxylation is 1. The molecular weight excluding hydrogens is 437 g/mol. The molecular formula is C21H17Cl2N7O. The fourth-order valence-electron chi connectivity index (χ4n) is 3.29. The molecule has 0 radical (unpaired) electrons. The molecule has 1 aliphatic rings. The summed E-state index contributed by atoms with van der Waals surface area (Å²) in [5.41, 5.74) is 3.73. The van der Waals surface area contributed by atoms with E-state index < -0.39 is 0 Å². The normalized spacial score (nSPS) is 13.4. The number of nitrogens with zero attached hydrogens (tertiary/aromatic N) is 5. The quantitative estimate of drug-likeness (QED) is 0.456. The molecule has 0 atom stereocenters. The third-order valence-corrected chi connectivity index (χ3v) is 5.64. The summed E-state index contributed by atoms with van der Waals surface area (Å²) in [6.45, 7) is 1.93. The number of aromatic amines is 1. The van der Waals surface area contributed by atoms with Crippen LogP contribution in [0.5, 0.6) is 0 Å². The Balaban J connectivity index is 1.61. The van der Waals surface area contributed by atoms with Gasteiger partial charge in [0.1, 0.15) is 17.8 Å². The Morgan fingerprint density at radius 1 is 1.19 bits per heavy atom. The van der Waals surface area contributed by atoms with E-state index in [9.17, 15) is 4.79 Å². The number of H-pyrrole nitrogens is 1. The maximum Gasteiger partial charge on any atom is 0.228 e. The van der Waals surface area contributed by atoms with Crippen molar-refractivity contribution in [2.24, 2.45) is 5.92 Å². The fraction of sp³-hybridized carbons (Fsp3) is 0.190. The number of hydrogen-bond acceptors (Lipinski definition) is 5. The molecule has 1 amide bonds. The lowest BCUT2D eigenvalue weighted by molar-refractivity contribution is -0.117. The first kappa shape index (κ1) is 19.7. The number of pyridine rings is 1. The van der Waals surface area contributed by atoms with Gasteiger partial charge in [-0.05, 0) is 43.5 Å². The number of hydrogen-bond donors (Lipinski definition) is 2. The molecule has 0 unspecified atom stereocenters. The van der Waals surface area contributed by atoms with Crippen molar-refractivity contribution < 1.29 is 4.79 Å². The number of halogens is 2. The second kappa shape index (κ2) is 7.79. The van der Waals surface area contributed by atoms with Crippen LogP contribution in [-0.2, 0) is 4.79 Å². The van der Waals surface area contributed by atoms with E-state index in [1.165, 1.54) is 6.33 Å². The number of nitrogens with one attached hydrogen (secondary N) is 2. The fourth-order valence-corrected chi connectivity index (χ4v) is 3.79. The largest absolute Gasteiger partial charge is 0.310 e. The summed E-state index contributed by atoms with van der Waals surface area (Å²) in [6, 6.07) is 7.05. The van der Waals surface area contributed by atoms with Crippen molar-refractivity contribution in [3.8, 4) is 28.3 Å². The summed E-state index contributed by atoms with van der Waals surface area (Å²) in [5, 5.41) is 15.5. The van der Waals surface area contributed by atoms with Gasteiger partial charge in [0.05, 0.1) is 16.3 Å². The average molecular weight is 454 g/mol. The monoisotopic (exact) mass is 453 g/mol. The van der Waals surface area contributed by atoms with Crippen molar-refractivity contribution in [3.63, 3.8) is 0 Å². The molecule has 10 heteroatoms. The minimum atomic E-state index is -0.00116. The second-order valence-corrected chi connectivity index (χ2v) is 8.26. The van der Waals surface area contributed by atoms with Gasteiger partial charge in [0.2, 0.25) is 5.91 Å². The number of rotatable bonds is 5. The third-order valence-electron chi connectivity index (χ3n) is 5.09. The molecule has 31 heavy (non-hydrogen) atoms. The lowest BCUT2D eigenvalue weighted by atomic mass is 10.1. The van der Waals surface area contributed by atoms with Crippen LogP contribution in [0.25, 0.3) is 28.3 Å². The van der Waals surface area contributed by atoms with Crippen LogP contribution >= 0.6 is 23.2 Å². The third kappa shape index (κ3) is 3.92. The zero-order valence-corrected chi connectivity index (χ0v) is 17.9. The van der Waals surface area contributed by atoms with Gasteiger partial charge in [-0.2, -0.15) is 10.2 Å². The standard InChI is InChI=1S/C21H17Cl2N7O/c1-11-8-24-18(27-21(31)12-2-3-12)7-17(11)30-9-15(20-25-10-26-28-20)19(29-30)14-5-4-13(22)6-16(14)23/h4-10,12H,2-3H2,1H3,(H,24,27,31)(H,25,26,28). The molecule has 0 saturated heterocycles. The van der Waals surface area contributed by atoms with Crippen molar-refractivity contribution >= 4 is 34.9 Å². The summed E-state index contributed by atoms with van der Waals surface area (Å²) in [5.74, 6) is 1.13. The number of carbonyl (C=O) groups is 1. The molecule has 156 valence electrons. The molecule has 3 aromatic heterocycles. The predicted molar refractivity (Wildman–Crippen MR) is 118 cm³/mol. The van der Waals surface area contributed by atoms with E-state index in [0.29, 0.717) is 32.9 Å². The van der Waals surface area contributed by atoms with Crippen LogP contribution in [0.1, 0.15) is 18.4 Å². The summed E-state index contributed by atoms with van der Waals surface area (Å²) in [4.78, 5) is 20.8. The van der Waals surface area contributed by atoms with Crippen LogP contribution in [0.3, 0.4) is 0 Å². The molecule has 1 saturated carbocycles. The van der Waals surface area contributed by atoms with Crippen molar-refractivity contribution in [3.05, 3.63) is 58.6 Å². The Morgan fingerprint density at radius 2 is 2.03 bits per heavy atom. The Bertz CT molecular complexity index is 1280. The van der Waals surface area contributed by atoms with Crippen LogP contribution in [-0.4, -0.2) is 35.9 Å². The topological polar surface area (TPSA) is 101 Å². The number of aromatic nitrogens is 6. The van der Waals surface area contributed by atoms with E-state index >= 15 is 0 Å². The Kier molecular flexibility index (Phi) is 4.95. The predicted octanol–water partition coefficient (Wildman–Crippen LogP) is 4.68. The highest BCUT2D eigenvalue weighted by molar-refractivity contribution is 6.36. The van der Waals surface area contributed by atoms with Gasteiger partial charge in [-0.1, -0.05) is 23.2 Å². The van der Waals surface area contributed by atoms with Gasteiger partial charge in [-0.3, -0.25) is 9.89 Å². The van der Waals surface area contributed by atoms with Crippen LogP contribution < -0.4 is 5.32 Å². The van der Waals surface area contributed by atoms with Crippen molar-refractivity contribution in [2.75, 3.05) is 5.32 Å². The van der Waals surface area contributed by atoms with Crippen molar-refractivity contribution in [1.82, 2.24) is 29.9 Å². The van der Waals surface area contributed by atoms with Crippen LogP contribution in [0.15, 0.2) is 43.0 Å². The Hall–Kier alpha value is -3.23. The minimum absolute atomic E-state index is 0.00116. The van der Waals surface area contributed by atoms with E-state index in [1.807, 2.05) is 19.2 Å². The minimum Gasteiger partial charge on any atom is -0.310 e. The van der Waals surface area contributed by atoms with E-state index in [4.69, 9.17) is 28.3 Å². The highest BCUT2D eigenvalue weighted by Crippen LogP contribution is 2.36. The molecule has 0 aliphatic heterocycles. The summed E-state index contributed by atoms with van der Waals surface area (Å²) < 4.78 is 1.72. The second-order valence-electron chi connectivity index (χ2n) is 7.41. The van der Waals surface area contributed by atoms with Gasteiger partial charge in [-0.25, -0.2) is 14.6 Å². The first-order chi connectivity index (χ1) is 15.0. The number of anilines is 1. The average Bonchev–Trinajstić information content (AvgIpc) is 3.28. The summed E-state index contributed by atoms with van der Waals surface area (Å²) in [7, 11) is 0. The van der Waals surface area contributed by atoms with Gasteiger partial charge in [-0.15, -0.1) is 0 Å². The molecule has 0 bridgehead atoms. The number of amides is 1. The van der Waals surface area contributed by atoms with Crippen LogP contribution in [0, 0.1) is 12.8 Å². The van der Waals surface area contributed by atoms with E-state index in [2.05, 4.69) is 25.5 Å². The van der Waals surface area contributed by atoms with E-state index in [1.54, 1.807) is 29.1 Å². The van der Waals surface area contributed by atoms with Gasteiger partial charge in [0.25, 0.3) is 0 Å². The molecule has 2 N–H and O–H groups in total. The molecule has 4 aromatic rings. The van der Waals surface area contributed by atoms with Crippen molar-refractivity contribution in [2.45, 2.75) is 19.8 Å². The molecule has 1 fully saturated rings. The maximum absolute atomic E-state index is 12.2. The molecule has 3 heterocycles. The van der Waals surface area contributed by atoms with Gasteiger partial charge in [0.15, 0.2) is 5.82 Å². The summed E-state index contributed by atoms with van der Waals surface area (Å²) in [6.07, 6.45) is 6.84. The lowest BCUT2D eigenvalue weighted by Crippen LogP contribution is -2.15. The molecule has 1 aliphatic carbocycles. The smallest absolute Gasteiger partial charge is 0.228 e. The molecule has 8 nitrogen and oxygen atoms in total. The molecule has 1 aromatic carbocycles. The Labute approximate surface area is 187 Å². The van der Waals surface area contributed by atoms with E-state index in [-0.39, 0.29) is 11.8 Å². The maximum atomic E-state index is 12.2. The zero-order chi connectivity index (χ0) is 21.5.